The molecule has 2 nitrogen and oxygen atoms in total. The first kappa shape index (κ1) is 14.2. The molecule has 2 fully saturated rings. The van der Waals surface area contributed by atoms with Gasteiger partial charge >= 0.3 is 0 Å². The molecule has 2 N–H and O–H groups in total. The van der Waals surface area contributed by atoms with Crippen molar-refractivity contribution in [3.8, 4) is 18.1 Å². The smallest absolute Gasteiger partial charge is 0.130 e. The molecule has 3 aliphatic rings. The van der Waals surface area contributed by atoms with Gasteiger partial charge < -0.3 is 10.2 Å². The van der Waals surface area contributed by atoms with Crippen LogP contribution in [-0.4, -0.2) is 15.8 Å². The summed E-state index contributed by atoms with van der Waals surface area (Å²) in [5.41, 5.74) is 1.69. The van der Waals surface area contributed by atoms with Crippen LogP contribution < -0.4 is 0 Å². The number of hydrogen-bond donors (Lipinski definition) is 2. The lowest BCUT2D eigenvalue weighted by Crippen LogP contribution is -2.50. The van der Waals surface area contributed by atoms with E-state index in [0.717, 1.165) is 38.5 Å². The Bertz CT molecular complexity index is 658. The van der Waals surface area contributed by atoms with Crippen LogP contribution in [0.3, 0.4) is 0 Å². The molecule has 4 rings (SSSR count). The maximum atomic E-state index is 10.9. The van der Waals surface area contributed by atoms with Gasteiger partial charge in [-0.15, -0.1) is 6.42 Å². The predicted molar refractivity (Wildman–Crippen MR) is 86.5 cm³/mol. The van der Waals surface area contributed by atoms with Crippen LogP contribution in [0.4, 0.5) is 0 Å². The molecule has 3 aliphatic carbocycles. The molecule has 1 aromatic rings. The number of rotatable bonds is 0. The maximum absolute atomic E-state index is 10.9. The fraction of sp³-hybridized carbons (Fsp3) is 0.600. The highest BCUT2D eigenvalue weighted by molar-refractivity contribution is 5.40. The molecule has 2 saturated carbocycles. The van der Waals surface area contributed by atoms with E-state index in [1.54, 1.807) is 0 Å². The Kier molecular flexibility index (Phi) is 2.91. The fourth-order valence-electron chi connectivity index (χ4n) is 5.82. The lowest BCUT2D eigenvalue weighted by molar-refractivity contribution is -0.0646. The summed E-state index contributed by atoms with van der Waals surface area (Å²) in [5.74, 6) is 4.82. The van der Waals surface area contributed by atoms with E-state index in [2.05, 4.69) is 18.9 Å². The zero-order valence-electron chi connectivity index (χ0n) is 13.2. The lowest BCUT2D eigenvalue weighted by atomic mass is 9.53. The molecule has 5 atom stereocenters. The van der Waals surface area contributed by atoms with E-state index < -0.39 is 5.60 Å². The van der Waals surface area contributed by atoms with E-state index in [4.69, 9.17) is 6.42 Å². The molecule has 0 spiro atoms. The van der Waals surface area contributed by atoms with E-state index in [1.165, 1.54) is 11.1 Å². The van der Waals surface area contributed by atoms with E-state index in [0.29, 0.717) is 23.5 Å². The number of phenols is 1. The van der Waals surface area contributed by atoms with Crippen LogP contribution in [-0.2, 0) is 6.42 Å². The summed E-state index contributed by atoms with van der Waals surface area (Å²) >= 11 is 0. The number of aromatic hydroxyl groups is 1. The molecule has 0 aliphatic heterocycles. The van der Waals surface area contributed by atoms with E-state index in [-0.39, 0.29) is 5.41 Å². The first-order chi connectivity index (χ1) is 10.5. The summed E-state index contributed by atoms with van der Waals surface area (Å²) in [7, 11) is 0. The van der Waals surface area contributed by atoms with Gasteiger partial charge in [0.15, 0.2) is 0 Å². The monoisotopic (exact) mass is 296 g/mol. The van der Waals surface area contributed by atoms with Crippen molar-refractivity contribution in [1.82, 2.24) is 0 Å². The minimum atomic E-state index is -0.919. The summed E-state index contributed by atoms with van der Waals surface area (Å²) < 4.78 is 0. The summed E-state index contributed by atoms with van der Waals surface area (Å²) in [6.45, 7) is 2.22. The van der Waals surface area contributed by atoms with Crippen molar-refractivity contribution in [1.29, 1.82) is 0 Å². The number of aliphatic hydroxyl groups is 1. The van der Waals surface area contributed by atoms with Crippen molar-refractivity contribution < 1.29 is 10.2 Å². The standard InChI is InChI=1S/C20H24O2/c1-3-20(22)11-9-18-17-6-4-13-12-14(21)5-7-15(13)16(17)8-10-19(18,20)2/h1,5,7,12,16-18,21-22H,4,6,8-11H2,2H3/t16-,17-,18-,19+,20-/m1/s1. The predicted octanol–water partition coefficient (Wildman–Crippen LogP) is 3.61. The number of phenolic OH excluding ortho intramolecular Hbond substituents is 1. The van der Waals surface area contributed by atoms with Gasteiger partial charge in [-0.2, -0.15) is 0 Å². The molecule has 1 aromatic carbocycles. The van der Waals surface area contributed by atoms with Crippen LogP contribution in [0.5, 0.6) is 5.75 Å². The molecule has 0 saturated heterocycles. The van der Waals surface area contributed by atoms with Crippen LogP contribution in [0.2, 0.25) is 0 Å². The van der Waals surface area contributed by atoms with Crippen molar-refractivity contribution in [3.63, 3.8) is 0 Å². The Morgan fingerprint density at radius 1 is 1.23 bits per heavy atom. The molecule has 0 unspecified atom stereocenters. The molecule has 0 aromatic heterocycles. The van der Waals surface area contributed by atoms with Crippen molar-refractivity contribution in [2.45, 2.75) is 57.0 Å². The number of benzene rings is 1. The number of fused-ring (bicyclic) bond motifs is 5. The number of aryl methyl sites for hydroxylation is 1. The van der Waals surface area contributed by atoms with Crippen molar-refractivity contribution in [2.24, 2.45) is 17.3 Å². The maximum Gasteiger partial charge on any atom is 0.130 e. The highest BCUT2D eigenvalue weighted by atomic mass is 16.3. The average molecular weight is 296 g/mol. The van der Waals surface area contributed by atoms with E-state index in [9.17, 15) is 10.2 Å². The lowest BCUT2D eigenvalue weighted by Gasteiger charge is -2.52. The van der Waals surface area contributed by atoms with E-state index in [1.807, 2.05) is 12.1 Å². The van der Waals surface area contributed by atoms with Gasteiger partial charge in [-0.05, 0) is 79.5 Å². The summed E-state index contributed by atoms with van der Waals surface area (Å²) in [6, 6.07) is 5.87. The third kappa shape index (κ3) is 1.66. The summed E-state index contributed by atoms with van der Waals surface area (Å²) in [5, 5.41) is 20.6. The number of hydrogen-bond acceptors (Lipinski definition) is 2. The SMILES string of the molecule is C#C[C@@]1(O)CC[C@@H]2[C@@H]3CCc4cc(O)ccc4[C@H]3CC[C@@]21C. The van der Waals surface area contributed by atoms with Gasteiger partial charge in [0.1, 0.15) is 11.4 Å². The average Bonchev–Trinajstić information content (AvgIpc) is 2.79. The van der Waals surface area contributed by atoms with Gasteiger partial charge in [-0.25, -0.2) is 0 Å². The third-order valence-corrected chi connectivity index (χ3v) is 7.10. The van der Waals surface area contributed by atoms with Gasteiger partial charge in [0.2, 0.25) is 0 Å². The second-order valence-electron chi connectivity index (χ2n) is 7.80. The van der Waals surface area contributed by atoms with Crippen molar-refractivity contribution >= 4 is 0 Å². The number of terminal acetylenes is 1. The molecule has 2 heteroatoms. The summed E-state index contributed by atoms with van der Waals surface area (Å²) in [6.07, 6.45) is 11.8. The highest BCUT2D eigenvalue weighted by Gasteiger charge is 2.61. The Morgan fingerprint density at radius 2 is 2.05 bits per heavy atom. The largest absolute Gasteiger partial charge is 0.508 e. The second-order valence-corrected chi connectivity index (χ2v) is 7.80. The minimum Gasteiger partial charge on any atom is -0.508 e. The molecule has 116 valence electrons. The first-order valence-electron chi connectivity index (χ1n) is 8.50. The molecule has 0 heterocycles. The quantitative estimate of drug-likeness (QED) is 0.718. The normalized spacial score (nSPS) is 42.9. The van der Waals surface area contributed by atoms with Gasteiger partial charge in [0, 0.05) is 5.41 Å². The van der Waals surface area contributed by atoms with Crippen LogP contribution in [0.1, 0.15) is 56.1 Å². The van der Waals surface area contributed by atoms with Gasteiger partial charge in [0.25, 0.3) is 0 Å². The topological polar surface area (TPSA) is 40.5 Å². The van der Waals surface area contributed by atoms with Crippen LogP contribution in [0.15, 0.2) is 18.2 Å². The Morgan fingerprint density at radius 3 is 2.82 bits per heavy atom. The first-order valence-corrected chi connectivity index (χ1v) is 8.50. The van der Waals surface area contributed by atoms with Gasteiger partial charge in [-0.3, -0.25) is 0 Å². The zero-order chi connectivity index (χ0) is 15.5. The zero-order valence-corrected chi connectivity index (χ0v) is 13.2. The molecule has 0 amide bonds. The Balaban J connectivity index is 1.72. The van der Waals surface area contributed by atoms with Crippen molar-refractivity contribution in [2.75, 3.05) is 0 Å². The molecule has 0 bridgehead atoms. The van der Waals surface area contributed by atoms with Gasteiger partial charge in [0.05, 0.1) is 0 Å². The molecule has 22 heavy (non-hydrogen) atoms. The second kappa shape index (κ2) is 4.52. The molecular weight excluding hydrogens is 272 g/mol. The minimum absolute atomic E-state index is 0.128. The van der Waals surface area contributed by atoms with Crippen molar-refractivity contribution in [3.05, 3.63) is 29.3 Å². The van der Waals surface area contributed by atoms with Gasteiger partial charge in [-0.1, -0.05) is 18.9 Å². The molecule has 0 radical (unpaired) electrons. The third-order valence-electron chi connectivity index (χ3n) is 7.10. The highest BCUT2D eigenvalue weighted by Crippen LogP contribution is 2.64. The van der Waals surface area contributed by atoms with Crippen LogP contribution in [0, 0.1) is 29.6 Å². The Hall–Kier alpha value is -1.46. The van der Waals surface area contributed by atoms with Crippen LogP contribution >= 0.6 is 0 Å². The summed E-state index contributed by atoms with van der Waals surface area (Å²) in [4.78, 5) is 0. The fourth-order valence-corrected chi connectivity index (χ4v) is 5.82. The van der Waals surface area contributed by atoms with Crippen LogP contribution in [0.25, 0.3) is 0 Å². The Labute approximate surface area is 132 Å². The van der Waals surface area contributed by atoms with E-state index >= 15 is 0 Å². The molecular formula is C20H24O2.